The van der Waals surface area contributed by atoms with Gasteiger partial charge in [0.2, 0.25) is 0 Å². The highest BCUT2D eigenvalue weighted by molar-refractivity contribution is 8.09. The number of carbonyl (C=O) groups excluding carboxylic acids is 1. The van der Waals surface area contributed by atoms with E-state index in [4.69, 9.17) is 9.73 Å². The number of thioether (sulfide) groups is 1. The SMILES string of the molecule is CCC1CC=C(c2cc(CCC(C)(C(=O)NO)S(C)(=O)=O)on2)S1. The Hall–Kier alpha value is -1.32. The number of sulfone groups is 1. The Labute approximate surface area is 145 Å². The van der Waals surface area contributed by atoms with Crippen LogP contribution >= 0.6 is 11.8 Å². The fraction of sp³-hybridized carbons (Fsp3) is 0.600. The average molecular weight is 374 g/mol. The van der Waals surface area contributed by atoms with Crippen LogP contribution in [0.5, 0.6) is 0 Å². The highest BCUT2D eigenvalue weighted by atomic mass is 32.2. The molecule has 2 rings (SSSR count). The first kappa shape index (κ1) is 19.0. The molecule has 1 aromatic rings. The van der Waals surface area contributed by atoms with Crippen LogP contribution in [0.1, 0.15) is 44.6 Å². The molecule has 0 saturated carbocycles. The predicted octanol–water partition coefficient (Wildman–Crippen LogP) is 2.17. The third kappa shape index (κ3) is 3.84. The smallest absolute Gasteiger partial charge is 0.264 e. The van der Waals surface area contributed by atoms with Crippen molar-refractivity contribution in [3.05, 3.63) is 23.6 Å². The molecule has 0 spiro atoms. The number of amides is 1. The third-order valence-corrected chi connectivity index (χ3v) is 7.89. The molecule has 2 atom stereocenters. The van der Waals surface area contributed by atoms with E-state index in [-0.39, 0.29) is 12.8 Å². The van der Waals surface area contributed by atoms with Crippen molar-refractivity contribution in [2.24, 2.45) is 0 Å². The normalized spacial score (nSPS) is 20.5. The molecule has 1 aromatic heterocycles. The fourth-order valence-electron chi connectivity index (χ4n) is 2.42. The largest absolute Gasteiger partial charge is 0.361 e. The highest BCUT2D eigenvalue weighted by Crippen LogP contribution is 2.40. The highest BCUT2D eigenvalue weighted by Gasteiger charge is 2.43. The lowest BCUT2D eigenvalue weighted by molar-refractivity contribution is -0.131. The van der Waals surface area contributed by atoms with Crippen LogP contribution in [-0.2, 0) is 21.1 Å². The lowest BCUT2D eigenvalue weighted by Gasteiger charge is -2.24. The minimum absolute atomic E-state index is 0.0172. The summed E-state index contributed by atoms with van der Waals surface area (Å²) in [5.41, 5.74) is 2.17. The van der Waals surface area contributed by atoms with Gasteiger partial charge in [-0.2, -0.15) is 0 Å². The van der Waals surface area contributed by atoms with E-state index in [1.807, 2.05) is 0 Å². The number of carbonyl (C=O) groups is 1. The number of hydrogen-bond acceptors (Lipinski definition) is 7. The van der Waals surface area contributed by atoms with Crippen molar-refractivity contribution in [1.82, 2.24) is 10.6 Å². The first-order valence-corrected chi connectivity index (χ1v) is 10.4. The van der Waals surface area contributed by atoms with Crippen molar-refractivity contribution in [1.29, 1.82) is 0 Å². The quantitative estimate of drug-likeness (QED) is 0.556. The second kappa shape index (κ2) is 7.28. The first-order chi connectivity index (χ1) is 11.2. The summed E-state index contributed by atoms with van der Waals surface area (Å²) in [6.07, 6.45) is 5.38. The van der Waals surface area contributed by atoms with Crippen LogP contribution in [-0.4, -0.2) is 40.9 Å². The maximum absolute atomic E-state index is 11.9. The monoisotopic (exact) mass is 374 g/mol. The van der Waals surface area contributed by atoms with Gasteiger partial charge in [0.25, 0.3) is 5.91 Å². The summed E-state index contributed by atoms with van der Waals surface area (Å²) in [7, 11) is -3.72. The molecule has 134 valence electrons. The zero-order valence-electron chi connectivity index (χ0n) is 13.9. The van der Waals surface area contributed by atoms with Gasteiger partial charge in [-0.15, -0.1) is 11.8 Å². The first-order valence-electron chi connectivity index (χ1n) is 7.68. The number of rotatable bonds is 7. The minimum atomic E-state index is -3.72. The summed E-state index contributed by atoms with van der Waals surface area (Å²) in [6, 6.07) is 1.77. The van der Waals surface area contributed by atoms with E-state index in [0.717, 1.165) is 29.7 Å². The molecule has 1 amide bonds. The van der Waals surface area contributed by atoms with Gasteiger partial charge in [-0.3, -0.25) is 10.0 Å². The number of nitrogens with zero attached hydrogens (tertiary/aromatic N) is 1. The van der Waals surface area contributed by atoms with Crippen LogP contribution in [0.15, 0.2) is 16.7 Å². The lowest BCUT2D eigenvalue weighted by atomic mass is 10.0. The molecule has 0 bridgehead atoms. The molecular formula is C15H22N2O5S2. The van der Waals surface area contributed by atoms with E-state index in [1.54, 1.807) is 17.8 Å². The van der Waals surface area contributed by atoms with Crippen LogP contribution in [0.3, 0.4) is 0 Å². The summed E-state index contributed by atoms with van der Waals surface area (Å²) < 4.78 is 27.4. The topological polar surface area (TPSA) is 110 Å². The Bertz CT molecular complexity index is 741. The molecule has 0 radical (unpaired) electrons. The van der Waals surface area contributed by atoms with Gasteiger partial charge in [0.1, 0.15) is 16.2 Å². The molecule has 0 fully saturated rings. The Balaban J connectivity index is 2.08. The molecule has 7 nitrogen and oxygen atoms in total. The summed E-state index contributed by atoms with van der Waals surface area (Å²) >= 11 is 1.76. The van der Waals surface area contributed by atoms with E-state index in [0.29, 0.717) is 11.0 Å². The molecule has 2 N–H and O–H groups in total. The molecule has 1 aliphatic heterocycles. The van der Waals surface area contributed by atoms with Crippen LogP contribution in [0, 0.1) is 0 Å². The molecule has 24 heavy (non-hydrogen) atoms. The minimum Gasteiger partial charge on any atom is -0.361 e. The molecule has 0 aromatic carbocycles. The maximum Gasteiger partial charge on any atom is 0.264 e. The van der Waals surface area contributed by atoms with Gasteiger partial charge < -0.3 is 4.52 Å². The molecule has 9 heteroatoms. The van der Waals surface area contributed by atoms with Gasteiger partial charge >= 0.3 is 0 Å². The zero-order chi connectivity index (χ0) is 18.0. The average Bonchev–Trinajstić information content (AvgIpc) is 3.19. The number of hydrogen-bond donors (Lipinski definition) is 2. The molecule has 2 unspecified atom stereocenters. The molecule has 0 saturated heterocycles. The summed E-state index contributed by atoms with van der Waals surface area (Å²) in [4.78, 5) is 12.9. The number of hydroxylamine groups is 1. The van der Waals surface area contributed by atoms with Crippen molar-refractivity contribution >= 4 is 32.4 Å². The third-order valence-electron chi connectivity index (χ3n) is 4.38. The van der Waals surface area contributed by atoms with Crippen molar-refractivity contribution in [3.63, 3.8) is 0 Å². The summed E-state index contributed by atoms with van der Waals surface area (Å²) in [5, 5.41) is 13.4. The van der Waals surface area contributed by atoms with E-state index in [1.165, 1.54) is 12.4 Å². The lowest BCUT2D eigenvalue weighted by Crippen LogP contribution is -2.49. The van der Waals surface area contributed by atoms with E-state index < -0.39 is 20.5 Å². The van der Waals surface area contributed by atoms with Crippen molar-refractivity contribution in [3.8, 4) is 0 Å². The Morgan fingerprint density at radius 3 is 2.83 bits per heavy atom. The van der Waals surface area contributed by atoms with E-state index >= 15 is 0 Å². The summed E-state index contributed by atoms with van der Waals surface area (Å²) in [6.45, 7) is 3.42. The number of aryl methyl sites for hydroxylation is 1. The predicted molar refractivity (Wildman–Crippen MR) is 92.3 cm³/mol. The van der Waals surface area contributed by atoms with Crippen LogP contribution < -0.4 is 5.48 Å². The van der Waals surface area contributed by atoms with Crippen LogP contribution in [0.25, 0.3) is 4.91 Å². The number of aromatic nitrogens is 1. The van der Waals surface area contributed by atoms with Gasteiger partial charge in [0.15, 0.2) is 9.84 Å². The Morgan fingerprint density at radius 2 is 2.29 bits per heavy atom. The summed E-state index contributed by atoms with van der Waals surface area (Å²) in [5.74, 6) is -0.448. The van der Waals surface area contributed by atoms with Crippen molar-refractivity contribution in [2.75, 3.05) is 6.26 Å². The number of nitrogens with one attached hydrogen (secondary N) is 1. The number of allylic oxidation sites excluding steroid dienone is 1. The van der Waals surface area contributed by atoms with Crippen LogP contribution in [0.4, 0.5) is 0 Å². The Morgan fingerprint density at radius 1 is 1.58 bits per heavy atom. The molecule has 2 heterocycles. The van der Waals surface area contributed by atoms with Crippen molar-refractivity contribution in [2.45, 2.75) is 49.5 Å². The fourth-order valence-corrected chi connectivity index (χ4v) is 4.41. The van der Waals surface area contributed by atoms with Gasteiger partial charge in [-0.25, -0.2) is 13.9 Å². The maximum atomic E-state index is 11.9. The van der Waals surface area contributed by atoms with E-state index in [9.17, 15) is 13.2 Å². The van der Waals surface area contributed by atoms with Crippen molar-refractivity contribution < 1.29 is 22.9 Å². The standard InChI is InChI=1S/C15H22N2O5S2/c1-4-11-5-6-13(23-11)12-9-10(22-17-12)7-8-15(2,14(18)16-19)24(3,20)21/h6,9,11,19H,4-5,7-8H2,1-3H3,(H,16,18). The zero-order valence-corrected chi connectivity index (χ0v) is 15.5. The van der Waals surface area contributed by atoms with Gasteiger partial charge in [-0.1, -0.05) is 18.2 Å². The van der Waals surface area contributed by atoms with Gasteiger partial charge in [0, 0.05) is 28.9 Å². The molecular weight excluding hydrogens is 352 g/mol. The second-order valence-electron chi connectivity index (χ2n) is 6.07. The van der Waals surface area contributed by atoms with Gasteiger partial charge in [0.05, 0.1) is 0 Å². The molecule has 0 aliphatic carbocycles. The Kier molecular flexibility index (Phi) is 5.77. The van der Waals surface area contributed by atoms with Gasteiger partial charge in [-0.05, 0) is 26.2 Å². The molecule has 1 aliphatic rings. The van der Waals surface area contributed by atoms with E-state index in [2.05, 4.69) is 18.2 Å². The second-order valence-corrected chi connectivity index (χ2v) is 9.86. The van der Waals surface area contributed by atoms with Crippen LogP contribution in [0.2, 0.25) is 0 Å².